The minimum absolute atomic E-state index is 0.373. The molecule has 0 spiro atoms. The summed E-state index contributed by atoms with van der Waals surface area (Å²) in [6.07, 6.45) is 7.82. The fraction of sp³-hybridized carbons (Fsp3) is 0.0800. The van der Waals surface area contributed by atoms with Crippen LogP contribution in [0.15, 0.2) is 73.2 Å². The highest BCUT2D eigenvalue weighted by Crippen LogP contribution is 2.36. The van der Waals surface area contributed by atoms with Crippen LogP contribution in [-0.2, 0) is 4.79 Å². The van der Waals surface area contributed by atoms with E-state index in [0.29, 0.717) is 12.0 Å². The van der Waals surface area contributed by atoms with Crippen molar-refractivity contribution in [1.82, 2.24) is 15.2 Å². The number of pyridine rings is 1. The molecule has 0 aliphatic carbocycles. The summed E-state index contributed by atoms with van der Waals surface area (Å²) in [7, 11) is 0. The first kappa shape index (κ1) is 20.2. The molecule has 6 heteroatoms. The number of carboxylic acids is 1. The fourth-order valence-electron chi connectivity index (χ4n) is 3.66. The smallest absolute Gasteiger partial charge is 0.328 e. The Kier molecular flexibility index (Phi) is 5.71. The molecule has 31 heavy (non-hydrogen) atoms. The van der Waals surface area contributed by atoms with Gasteiger partial charge in [-0.25, -0.2) is 9.18 Å². The van der Waals surface area contributed by atoms with Crippen molar-refractivity contribution in [1.29, 1.82) is 0 Å². The van der Waals surface area contributed by atoms with E-state index in [2.05, 4.69) is 15.2 Å². The van der Waals surface area contributed by atoms with Gasteiger partial charge in [-0.05, 0) is 58.5 Å². The molecule has 0 saturated heterocycles. The molecule has 4 aromatic rings. The third-order valence-electron chi connectivity index (χ3n) is 5.10. The van der Waals surface area contributed by atoms with Gasteiger partial charge in [0, 0.05) is 23.2 Å². The Labute approximate surface area is 178 Å². The maximum atomic E-state index is 14.7. The van der Waals surface area contributed by atoms with Gasteiger partial charge in [0.1, 0.15) is 5.82 Å². The van der Waals surface area contributed by atoms with Crippen LogP contribution in [0.5, 0.6) is 0 Å². The Bertz CT molecular complexity index is 1300. The Balaban J connectivity index is 1.92. The van der Waals surface area contributed by atoms with Crippen molar-refractivity contribution < 1.29 is 14.3 Å². The standard InChI is InChI=1S/C25H20FN3O2/c1-2-20(21-11-12-27-15-22(21)26)25(18-8-9-23-19(13-18)14-28-29-23)17-6-3-16(4-7-17)5-10-24(30)31/h3-15H,2H2,1H3,(H,28,29)(H,30,31)/b10-5+,25-20+. The number of hydrogen-bond acceptors (Lipinski definition) is 3. The fourth-order valence-corrected chi connectivity index (χ4v) is 3.66. The van der Waals surface area contributed by atoms with Crippen LogP contribution in [0.25, 0.3) is 28.1 Å². The molecule has 0 unspecified atom stereocenters. The van der Waals surface area contributed by atoms with E-state index in [4.69, 9.17) is 5.11 Å². The lowest BCUT2D eigenvalue weighted by Gasteiger charge is -2.17. The maximum Gasteiger partial charge on any atom is 0.328 e. The van der Waals surface area contributed by atoms with Gasteiger partial charge in [0.25, 0.3) is 0 Å². The van der Waals surface area contributed by atoms with Crippen molar-refractivity contribution in [3.8, 4) is 0 Å². The summed E-state index contributed by atoms with van der Waals surface area (Å²) in [6.45, 7) is 2.00. The minimum Gasteiger partial charge on any atom is -0.478 e. The predicted molar refractivity (Wildman–Crippen MR) is 120 cm³/mol. The number of nitrogens with one attached hydrogen (secondary N) is 1. The van der Waals surface area contributed by atoms with E-state index in [1.165, 1.54) is 12.3 Å². The molecule has 2 heterocycles. The molecular formula is C25H20FN3O2. The summed E-state index contributed by atoms with van der Waals surface area (Å²) in [6, 6.07) is 15.2. The van der Waals surface area contributed by atoms with Crippen LogP contribution in [0.1, 0.15) is 35.6 Å². The van der Waals surface area contributed by atoms with Crippen LogP contribution in [-0.4, -0.2) is 26.3 Å². The second-order valence-corrected chi connectivity index (χ2v) is 7.03. The van der Waals surface area contributed by atoms with Crippen LogP contribution >= 0.6 is 0 Å². The average molecular weight is 413 g/mol. The molecular weight excluding hydrogens is 393 g/mol. The second-order valence-electron chi connectivity index (χ2n) is 7.03. The number of hydrogen-bond donors (Lipinski definition) is 2. The lowest BCUT2D eigenvalue weighted by Crippen LogP contribution is -1.98. The highest BCUT2D eigenvalue weighted by molar-refractivity contribution is 6.00. The van der Waals surface area contributed by atoms with E-state index in [-0.39, 0.29) is 5.82 Å². The van der Waals surface area contributed by atoms with Crippen molar-refractivity contribution in [2.45, 2.75) is 13.3 Å². The lowest BCUT2D eigenvalue weighted by molar-refractivity contribution is -0.131. The molecule has 0 atom stereocenters. The Hall–Kier alpha value is -4.06. The van der Waals surface area contributed by atoms with Crippen molar-refractivity contribution in [2.24, 2.45) is 0 Å². The molecule has 0 aliphatic heterocycles. The van der Waals surface area contributed by atoms with Gasteiger partial charge in [-0.15, -0.1) is 0 Å². The number of aliphatic carboxylic acids is 1. The molecule has 2 aromatic heterocycles. The molecule has 0 radical (unpaired) electrons. The second kappa shape index (κ2) is 8.75. The van der Waals surface area contributed by atoms with Crippen molar-refractivity contribution >= 4 is 34.1 Å². The van der Waals surface area contributed by atoms with Crippen LogP contribution in [0.3, 0.4) is 0 Å². The van der Waals surface area contributed by atoms with E-state index < -0.39 is 5.97 Å². The first-order valence-corrected chi connectivity index (χ1v) is 9.85. The van der Waals surface area contributed by atoms with E-state index in [1.807, 2.05) is 49.4 Å². The zero-order valence-corrected chi connectivity index (χ0v) is 16.8. The topological polar surface area (TPSA) is 78.9 Å². The number of carbonyl (C=O) groups is 1. The molecule has 5 nitrogen and oxygen atoms in total. The van der Waals surface area contributed by atoms with Gasteiger partial charge in [0.05, 0.1) is 17.9 Å². The quantitative estimate of drug-likeness (QED) is 0.406. The Morgan fingerprint density at radius 2 is 1.87 bits per heavy atom. The lowest BCUT2D eigenvalue weighted by atomic mass is 9.87. The van der Waals surface area contributed by atoms with Crippen LogP contribution in [0.4, 0.5) is 4.39 Å². The number of aromatic amines is 1. The maximum absolute atomic E-state index is 14.7. The van der Waals surface area contributed by atoms with E-state index in [9.17, 15) is 9.18 Å². The number of benzene rings is 2. The van der Waals surface area contributed by atoms with Gasteiger partial charge in [0.15, 0.2) is 0 Å². The monoisotopic (exact) mass is 413 g/mol. The molecule has 2 N–H and O–H groups in total. The normalized spacial score (nSPS) is 12.3. The van der Waals surface area contributed by atoms with Gasteiger partial charge in [-0.3, -0.25) is 10.1 Å². The van der Waals surface area contributed by atoms with E-state index in [1.54, 1.807) is 18.5 Å². The summed E-state index contributed by atoms with van der Waals surface area (Å²) < 4.78 is 14.7. The number of aromatic nitrogens is 3. The first-order chi connectivity index (χ1) is 15.1. The predicted octanol–water partition coefficient (Wildman–Crippen LogP) is 5.56. The van der Waals surface area contributed by atoms with Gasteiger partial charge < -0.3 is 5.11 Å². The summed E-state index contributed by atoms with van der Waals surface area (Å²) in [5.74, 6) is -1.37. The largest absolute Gasteiger partial charge is 0.478 e. The van der Waals surface area contributed by atoms with Crippen molar-refractivity contribution in [2.75, 3.05) is 0 Å². The van der Waals surface area contributed by atoms with Gasteiger partial charge in [0.2, 0.25) is 0 Å². The average Bonchev–Trinajstić information content (AvgIpc) is 3.25. The molecule has 0 saturated carbocycles. The van der Waals surface area contributed by atoms with Crippen LogP contribution in [0.2, 0.25) is 0 Å². The molecule has 0 amide bonds. The van der Waals surface area contributed by atoms with Gasteiger partial charge in [-0.1, -0.05) is 37.3 Å². The number of H-pyrrole nitrogens is 1. The highest BCUT2D eigenvalue weighted by Gasteiger charge is 2.16. The Morgan fingerprint density at radius 3 is 2.58 bits per heavy atom. The molecule has 154 valence electrons. The minimum atomic E-state index is -1.00. The zero-order valence-electron chi connectivity index (χ0n) is 16.8. The highest BCUT2D eigenvalue weighted by atomic mass is 19.1. The number of allylic oxidation sites excluding steroid dienone is 1. The first-order valence-electron chi connectivity index (χ1n) is 9.85. The summed E-state index contributed by atoms with van der Waals surface area (Å²) >= 11 is 0. The molecule has 0 aliphatic rings. The Morgan fingerprint density at radius 1 is 1.10 bits per heavy atom. The molecule has 2 aromatic carbocycles. The van der Waals surface area contributed by atoms with Gasteiger partial charge >= 0.3 is 5.97 Å². The van der Waals surface area contributed by atoms with E-state index in [0.717, 1.165) is 44.8 Å². The third-order valence-corrected chi connectivity index (χ3v) is 5.10. The molecule has 0 bridgehead atoms. The summed E-state index contributed by atoms with van der Waals surface area (Å²) in [5.41, 5.74) is 5.81. The number of fused-ring (bicyclic) bond motifs is 1. The number of nitrogens with zero attached hydrogens (tertiary/aromatic N) is 2. The third kappa shape index (κ3) is 4.28. The number of halogens is 1. The number of carboxylic acid groups (broad SMARTS) is 1. The van der Waals surface area contributed by atoms with E-state index >= 15 is 0 Å². The van der Waals surface area contributed by atoms with Crippen LogP contribution < -0.4 is 0 Å². The summed E-state index contributed by atoms with van der Waals surface area (Å²) in [4.78, 5) is 14.7. The van der Waals surface area contributed by atoms with Gasteiger partial charge in [-0.2, -0.15) is 5.10 Å². The molecule has 4 rings (SSSR count). The molecule has 0 fully saturated rings. The van der Waals surface area contributed by atoms with Crippen molar-refractivity contribution in [3.05, 3.63) is 101 Å². The zero-order chi connectivity index (χ0) is 21.8. The van der Waals surface area contributed by atoms with Crippen LogP contribution in [0, 0.1) is 5.82 Å². The SMILES string of the molecule is CC/C(=C(/c1ccc(/C=C/C(=O)O)cc1)c1ccc2[nH]ncc2c1)c1ccncc1F. The van der Waals surface area contributed by atoms with Crippen molar-refractivity contribution in [3.63, 3.8) is 0 Å². The number of rotatable bonds is 6. The summed E-state index contributed by atoms with van der Waals surface area (Å²) in [5, 5.41) is 16.9.